The van der Waals surface area contributed by atoms with Gasteiger partial charge in [0.1, 0.15) is 6.10 Å². The third-order valence-electron chi connectivity index (χ3n) is 3.54. The van der Waals surface area contributed by atoms with Gasteiger partial charge < -0.3 is 4.74 Å². The molecule has 0 saturated carbocycles. The quantitative estimate of drug-likeness (QED) is 0.514. The number of carbonyl (C=O) groups excluding carboxylic acids is 1. The van der Waals surface area contributed by atoms with Crippen molar-refractivity contribution in [3.63, 3.8) is 0 Å². The van der Waals surface area contributed by atoms with Crippen molar-refractivity contribution >= 4 is 5.97 Å². The van der Waals surface area contributed by atoms with Gasteiger partial charge in [-0.2, -0.15) is 0 Å². The van der Waals surface area contributed by atoms with E-state index in [0.29, 0.717) is 17.9 Å². The zero-order valence-corrected chi connectivity index (χ0v) is 10.9. The maximum absolute atomic E-state index is 11.5. The number of rotatable bonds is 5. The smallest absolute Gasteiger partial charge is 0.333 e. The molecule has 88 valence electrons. The highest BCUT2D eigenvalue weighted by Crippen LogP contribution is 2.32. The van der Waals surface area contributed by atoms with Crippen LogP contribution in [0.15, 0.2) is 12.2 Å². The van der Waals surface area contributed by atoms with Crippen molar-refractivity contribution in [2.75, 3.05) is 0 Å². The van der Waals surface area contributed by atoms with Crippen molar-refractivity contribution < 1.29 is 9.53 Å². The summed E-state index contributed by atoms with van der Waals surface area (Å²) >= 11 is 0. The summed E-state index contributed by atoms with van der Waals surface area (Å²) < 4.78 is 5.39. The second-order valence-corrected chi connectivity index (χ2v) is 4.98. The first-order valence-electron chi connectivity index (χ1n) is 5.62. The van der Waals surface area contributed by atoms with Crippen LogP contribution in [-0.4, -0.2) is 12.1 Å². The molecule has 0 aromatic carbocycles. The molecular formula is C13H24O2. The van der Waals surface area contributed by atoms with Gasteiger partial charge in [-0.25, -0.2) is 4.79 Å². The second kappa shape index (κ2) is 5.34. The highest BCUT2D eigenvalue weighted by molar-refractivity contribution is 5.87. The van der Waals surface area contributed by atoms with E-state index in [1.165, 1.54) is 0 Å². The number of esters is 1. The first-order valence-corrected chi connectivity index (χ1v) is 5.62. The zero-order valence-electron chi connectivity index (χ0n) is 10.9. The van der Waals surface area contributed by atoms with E-state index in [-0.39, 0.29) is 17.5 Å². The third-order valence-corrected chi connectivity index (χ3v) is 3.54. The fraction of sp³-hybridized carbons (Fsp3) is 0.769. The molecule has 0 N–H and O–H groups in total. The number of hydrogen-bond acceptors (Lipinski definition) is 2. The fourth-order valence-electron chi connectivity index (χ4n) is 1.01. The van der Waals surface area contributed by atoms with Crippen LogP contribution >= 0.6 is 0 Å². The van der Waals surface area contributed by atoms with Crippen LogP contribution in [0.4, 0.5) is 0 Å². The predicted molar refractivity (Wildman–Crippen MR) is 63.6 cm³/mol. The van der Waals surface area contributed by atoms with Crippen LogP contribution < -0.4 is 0 Å². The van der Waals surface area contributed by atoms with Gasteiger partial charge >= 0.3 is 5.97 Å². The van der Waals surface area contributed by atoms with Crippen molar-refractivity contribution in [1.29, 1.82) is 0 Å². The zero-order chi connectivity index (χ0) is 12.2. The molecule has 0 aliphatic heterocycles. The summed E-state index contributed by atoms with van der Waals surface area (Å²) in [5.74, 6) is 0.203. The molecule has 0 aliphatic carbocycles. The topological polar surface area (TPSA) is 26.3 Å². The Kier molecular flexibility index (Phi) is 5.06. The molecule has 0 spiro atoms. The lowest BCUT2D eigenvalue weighted by Crippen LogP contribution is -2.35. The van der Waals surface area contributed by atoms with E-state index in [9.17, 15) is 4.79 Å². The predicted octanol–water partition coefficient (Wildman–Crippen LogP) is 3.57. The van der Waals surface area contributed by atoms with Crippen molar-refractivity contribution in [1.82, 2.24) is 0 Å². The lowest BCUT2D eigenvalue weighted by atomic mass is 9.77. The van der Waals surface area contributed by atoms with Crippen molar-refractivity contribution in [2.24, 2.45) is 11.3 Å². The van der Waals surface area contributed by atoms with Crippen LogP contribution in [0.2, 0.25) is 0 Å². The fourth-order valence-corrected chi connectivity index (χ4v) is 1.01. The number of hydrogen-bond donors (Lipinski definition) is 0. The Balaban J connectivity index is 4.43. The Morgan fingerprint density at radius 2 is 1.80 bits per heavy atom. The van der Waals surface area contributed by atoms with Crippen LogP contribution in [0.3, 0.4) is 0 Å². The molecule has 0 amide bonds. The van der Waals surface area contributed by atoms with E-state index in [1.54, 1.807) is 0 Å². The summed E-state index contributed by atoms with van der Waals surface area (Å²) in [5, 5.41) is 0. The molecule has 1 unspecified atom stereocenters. The maximum atomic E-state index is 11.5. The Morgan fingerprint density at radius 3 is 2.13 bits per heavy atom. The van der Waals surface area contributed by atoms with Gasteiger partial charge in [-0.05, 0) is 19.3 Å². The highest BCUT2D eigenvalue weighted by atomic mass is 16.5. The van der Waals surface area contributed by atoms with E-state index in [2.05, 4.69) is 34.3 Å². The lowest BCUT2D eigenvalue weighted by molar-refractivity contribution is -0.150. The molecule has 0 rings (SSSR count). The minimum atomic E-state index is -0.265. The van der Waals surface area contributed by atoms with Crippen LogP contribution in [0.25, 0.3) is 0 Å². The Morgan fingerprint density at radius 1 is 1.33 bits per heavy atom. The van der Waals surface area contributed by atoms with Crippen molar-refractivity contribution in [2.45, 2.75) is 54.1 Å². The molecule has 0 radical (unpaired) electrons. The largest absolute Gasteiger partial charge is 0.459 e. The van der Waals surface area contributed by atoms with Gasteiger partial charge in [-0.1, -0.05) is 41.2 Å². The van der Waals surface area contributed by atoms with Gasteiger partial charge in [-0.15, -0.1) is 0 Å². The molecule has 0 fully saturated rings. The van der Waals surface area contributed by atoms with Crippen LogP contribution in [-0.2, 0) is 9.53 Å². The van der Waals surface area contributed by atoms with E-state index in [4.69, 9.17) is 4.74 Å². The standard InChI is InChI=1S/C13H24O2/c1-8-10(4)12(14)15-11(5)13(6,7)9(2)3/h9,11H,4,8H2,1-3,5-7H3. The molecule has 0 aromatic rings. The number of ether oxygens (including phenoxy) is 1. The summed E-state index contributed by atoms with van der Waals surface area (Å²) in [4.78, 5) is 11.5. The van der Waals surface area contributed by atoms with Crippen LogP contribution in [0.5, 0.6) is 0 Å². The van der Waals surface area contributed by atoms with Gasteiger partial charge in [0, 0.05) is 11.0 Å². The van der Waals surface area contributed by atoms with Crippen LogP contribution in [0, 0.1) is 11.3 Å². The summed E-state index contributed by atoms with van der Waals surface area (Å²) in [6.45, 7) is 16.0. The third kappa shape index (κ3) is 3.69. The second-order valence-electron chi connectivity index (χ2n) is 4.98. The first-order chi connectivity index (χ1) is 6.73. The Hall–Kier alpha value is -0.790. The molecule has 2 heteroatoms. The molecular weight excluding hydrogens is 188 g/mol. The van der Waals surface area contributed by atoms with Crippen LogP contribution in [0.1, 0.15) is 48.0 Å². The van der Waals surface area contributed by atoms with E-state index in [0.717, 1.165) is 0 Å². The molecule has 0 aliphatic rings. The summed E-state index contributed by atoms with van der Waals surface area (Å²) in [6, 6.07) is 0. The molecule has 1 atom stereocenters. The minimum absolute atomic E-state index is 0.0102. The van der Waals surface area contributed by atoms with Crippen molar-refractivity contribution in [3.8, 4) is 0 Å². The monoisotopic (exact) mass is 212 g/mol. The molecule has 0 saturated heterocycles. The normalized spacial score (nSPS) is 13.8. The van der Waals surface area contributed by atoms with Crippen molar-refractivity contribution in [3.05, 3.63) is 12.2 Å². The summed E-state index contributed by atoms with van der Waals surface area (Å²) in [5.41, 5.74) is 0.533. The van der Waals surface area contributed by atoms with E-state index in [1.807, 2.05) is 13.8 Å². The molecule has 15 heavy (non-hydrogen) atoms. The Bertz CT molecular complexity index is 239. The van der Waals surface area contributed by atoms with E-state index < -0.39 is 0 Å². The Labute approximate surface area is 93.7 Å². The van der Waals surface area contributed by atoms with Gasteiger partial charge in [0.15, 0.2) is 0 Å². The minimum Gasteiger partial charge on any atom is -0.459 e. The molecule has 0 bridgehead atoms. The number of carbonyl (C=O) groups is 1. The maximum Gasteiger partial charge on any atom is 0.333 e. The SMILES string of the molecule is C=C(CC)C(=O)OC(C)C(C)(C)C(C)C. The average Bonchev–Trinajstić information content (AvgIpc) is 2.15. The van der Waals surface area contributed by atoms with Gasteiger partial charge in [-0.3, -0.25) is 0 Å². The van der Waals surface area contributed by atoms with Gasteiger partial charge in [0.25, 0.3) is 0 Å². The van der Waals surface area contributed by atoms with Gasteiger partial charge in [0.05, 0.1) is 0 Å². The average molecular weight is 212 g/mol. The molecule has 2 nitrogen and oxygen atoms in total. The lowest BCUT2D eigenvalue weighted by Gasteiger charge is -2.35. The molecule has 0 aromatic heterocycles. The molecule has 0 heterocycles. The first kappa shape index (κ1) is 14.2. The highest BCUT2D eigenvalue weighted by Gasteiger charge is 2.32. The summed E-state index contributed by atoms with van der Waals surface area (Å²) in [7, 11) is 0. The van der Waals surface area contributed by atoms with E-state index >= 15 is 0 Å². The van der Waals surface area contributed by atoms with Gasteiger partial charge in [0.2, 0.25) is 0 Å². The summed E-state index contributed by atoms with van der Waals surface area (Å²) in [6.07, 6.45) is 0.557.